The Morgan fingerprint density at radius 2 is 0.735 bits per heavy atom. The molecule has 0 aliphatic heterocycles. The van der Waals surface area contributed by atoms with E-state index >= 15 is 0 Å². The van der Waals surface area contributed by atoms with Gasteiger partial charge in [0, 0.05) is 22.3 Å². The smallest absolute Gasteiger partial charge is 0.164 e. The van der Waals surface area contributed by atoms with Crippen LogP contribution in [0.3, 0.4) is 0 Å². The van der Waals surface area contributed by atoms with Crippen LogP contribution in [0.2, 0.25) is 0 Å². The number of aromatic nitrogens is 4. The lowest BCUT2D eigenvalue weighted by atomic mass is 9.99. The molecule has 0 atom stereocenters. The van der Waals surface area contributed by atoms with Gasteiger partial charge < -0.3 is 0 Å². The molecule has 5 heteroatoms. The Bertz CT molecular complexity index is 2580. The van der Waals surface area contributed by atoms with Crippen molar-refractivity contribution in [2.45, 2.75) is 0 Å². The first-order valence-electron chi connectivity index (χ1n) is 16.2. The van der Waals surface area contributed by atoms with Gasteiger partial charge in [0.2, 0.25) is 0 Å². The maximum absolute atomic E-state index is 5.00. The molecule has 9 aromatic rings. The van der Waals surface area contributed by atoms with E-state index in [4.69, 9.17) is 19.9 Å². The lowest BCUT2D eigenvalue weighted by molar-refractivity contribution is 1.07. The number of thiazole rings is 1. The summed E-state index contributed by atoms with van der Waals surface area (Å²) in [7, 11) is 0. The molecular weight excluding hydrogens is 617 g/mol. The van der Waals surface area contributed by atoms with Gasteiger partial charge in [0.05, 0.1) is 10.2 Å². The first-order valence-corrected chi connectivity index (χ1v) is 17.0. The fourth-order valence-electron chi connectivity index (χ4n) is 6.17. The number of hydrogen-bond donors (Lipinski definition) is 0. The highest BCUT2D eigenvalue weighted by molar-refractivity contribution is 7.21. The normalized spacial score (nSPS) is 11.3. The number of fused-ring (bicyclic) bond motifs is 2. The lowest BCUT2D eigenvalue weighted by Gasteiger charge is -2.10. The quantitative estimate of drug-likeness (QED) is 0.181. The molecule has 0 aliphatic rings. The Labute approximate surface area is 288 Å². The van der Waals surface area contributed by atoms with Gasteiger partial charge in [0.1, 0.15) is 5.01 Å². The van der Waals surface area contributed by atoms with Crippen LogP contribution in [0.4, 0.5) is 0 Å². The topological polar surface area (TPSA) is 51.6 Å². The van der Waals surface area contributed by atoms with Crippen molar-refractivity contribution in [3.63, 3.8) is 0 Å². The van der Waals surface area contributed by atoms with Crippen molar-refractivity contribution < 1.29 is 0 Å². The van der Waals surface area contributed by atoms with Gasteiger partial charge in [-0.2, -0.15) is 0 Å². The molecule has 0 amide bonds. The Morgan fingerprint density at radius 1 is 0.306 bits per heavy atom. The average Bonchev–Trinajstić information content (AvgIpc) is 3.62. The van der Waals surface area contributed by atoms with Gasteiger partial charge in [-0.3, -0.25) is 0 Å². The molecule has 2 aromatic heterocycles. The SMILES string of the molecule is c1ccc(-c2ccc(-c3nc(-c4ccccc4)nc(-c4ccc5cc(-c6ccc7sc(-c8ccccc8)nc7c6)ccc5c4)n3)cc2)cc1. The average molecular weight is 645 g/mol. The Kier molecular flexibility index (Phi) is 7.30. The van der Waals surface area contributed by atoms with E-state index in [1.807, 2.05) is 42.5 Å². The van der Waals surface area contributed by atoms with Crippen LogP contribution < -0.4 is 0 Å². The predicted molar refractivity (Wildman–Crippen MR) is 203 cm³/mol. The van der Waals surface area contributed by atoms with E-state index in [0.29, 0.717) is 17.5 Å². The van der Waals surface area contributed by atoms with E-state index in [0.717, 1.165) is 60.2 Å². The third kappa shape index (κ3) is 5.77. The lowest BCUT2D eigenvalue weighted by Crippen LogP contribution is -2.00. The summed E-state index contributed by atoms with van der Waals surface area (Å²) in [6, 6.07) is 58.9. The van der Waals surface area contributed by atoms with E-state index in [-0.39, 0.29) is 0 Å². The summed E-state index contributed by atoms with van der Waals surface area (Å²) in [4.78, 5) is 19.8. The molecule has 49 heavy (non-hydrogen) atoms. The van der Waals surface area contributed by atoms with Crippen LogP contribution in [0.15, 0.2) is 170 Å². The van der Waals surface area contributed by atoms with Crippen LogP contribution in [-0.4, -0.2) is 19.9 Å². The van der Waals surface area contributed by atoms with Crippen molar-refractivity contribution in [3.8, 4) is 67.0 Å². The number of nitrogens with zero attached hydrogens (tertiary/aromatic N) is 4. The zero-order chi connectivity index (χ0) is 32.6. The summed E-state index contributed by atoms with van der Waals surface area (Å²) < 4.78 is 1.19. The number of benzene rings is 7. The summed E-state index contributed by atoms with van der Waals surface area (Å²) >= 11 is 1.73. The minimum Gasteiger partial charge on any atom is -0.236 e. The van der Waals surface area contributed by atoms with Crippen molar-refractivity contribution in [2.75, 3.05) is 0 Å². The predicted octanol–water partition coefficient (Wildman–Crippen LogP) is 11.6. The monoisotopic (exact) mass is 644 g/mol. The van der Waals surface area contributed by atoms with Gasteiger partial charge in [0.15, 0.2) is 17.5 Å². The summed E-state index contributed by atoms with van der Waals surface area (Å²) in [5, 5.41) is 3.32. The second-order valence-corrected chi connectivity index (χ2v) is 13.0. The molecule has 7 aromatic carbocycles. The minimum atomic E-state index is 0.644. The summed E-state index contributed by atoms with van der Waals surface area (Å²) in [6.45, 7) is 0. The highest BCUT2D eigenvalue weighted by atomic mass is 32.1. The van der Waals surface area contributed by atoms with E-state index < -0.39 is 0 Å². The van der Waals surface area contributed by atoms with Crippen molar-refractivity contribution in [3.05, 3.63) is 170 Å². The van der Waals surface area contributed by atoms with E-state index in [2.05, 4.69) is 127 Å². The fraction of sp³-hybridized carbons (Fsp3) is 0. The van der Waals surface area contributed by atoms with Gasteiger partial charge in [0.25, 0.3) is 0 Å². The minimum absolute atomic E-state index is 0.644. The molecule has 0 radical (unpaired) electrons. The van der Waals surface area contributed by atoms with E-state index in [9.17, 15) is 0 Å². The zero-order valence-corrected chi connectivity index (χ0v) is 27.2. The maximum atomic E-state index is 5.00. The van der Waals surface area contributed by atoms with Crippen molar-refractivity contribution in [2.24, 2.45) is 0 Å². The second kappa shape index (κ2) is 12.4. The van der Waals surface area contributed by atoms with Gasteiger partial charge in [-0.25, -0.2) is 19.9 Å². The van der Waals surface area contributed by atoms with Crippen LogP contribution in [-0.2, 0) is 0 Å². The molecule has 0 unspecified atom stereocenters. The fourth-order valence-corrected chi connectivity index (χ4v) is 7.12. The van der Waals surface area contributed by atoms with Crippen molar-refractivity contribution >= 4 is 32.3 Å². The highest BCUT2D eigenvalue weighted by Gasteiger charge is 2.14. The van der Waals surface area contributed by atoms with Crippen LogP contribution >= 0.6 is 11.3 Å². The number of rotatable bonds is 6. The molecular formula is C44H28N4S. The molecule has 0 bridgehead atoms. The Balaban J connectivity index is 1.07. The molecule has 0 saturated heterocycles. The van der Waals surface area contributed by atoms with Crippen LogP contribution in [0.1, 0.15) is 0 Å². The van der Waals surface area contributed by atoms with Crippen molar-refractivity contribution in [1.29, 1.82) is 0 Å². The zero-order valence-electron chi connectivity index (χ0n) is 26.4. The second-order valence-electron chi connectivity index (χ2n) is 12.0. The summed E-state index contributed by atoms with van der Waals surface area (Å²) in [5.41, 5.74) is 9.64. The molecule has 0 spiro atoms. The molecule has 9 rings (SSSR count). The Morgan fingerprint density at radius 3 is 1.39 bits per heavy atom. The molecule has 0 fully saturated rings. The molecule has 0 saturated carbocycles. The van der Waals surface area contributed by atoms with Crippen LogP contribution in [0, 0.1) is 0 Å². The molecule has 0 N–H and O–H groups in total. The molecule has 230 valence electrons. The van der Waals surface area contributed by atoms with Gasteiger partial charge in [-0.15, -0.1) is 11.3 Å². The molecule has 0 aliphatic carbocycles. The van der Waals surface area contributed by atoms with Crippen LogP contribution in [0.25, 0.3) is 88.0 Å². The maximum Gasteiger partial charge on any atom is 0.164 e. The van der Waals surface area contributed by atoms with Gasteiger partial charge in [-0.05, 0) is 57.3 Å². The standard InChI is InChI=1S/C44H28N4S/c1-4-10-29(11-5-1)30-16-18-32(19-17-30)42-46-41(31-12-6-2-7-13-31)47-43(48-42)38-23-22-34-26-35(20-21-36(34)27-38)37-24-25-40-39(28-37)45-44(49-40)33-14-8-3-9-15-33/h1-28H. The molecule has 4 nitrogen and oxygen atoms in total. The largest absolute Gasteiger partial charge is 0.236 e. The third-order valence-electron chi connectivity index (χ3n) is 8.76. The number of hydrogen-bond acceptors (Lipinski definition) is 5. The Hall–Kier alpha value is -6.30. The third-order valence-corrected chi connectivity index (χ3v) is 9.84. The first-order chi connectivity index (χ1) is 24.2. The first kappa shape index (κ1) is 28.9. The van der Waals surface area contributed by atoms with E-state index in [1.165, 1.54) is 10.3 Å². The highest BCUT2D eigenvalue weighted by Crippen LogP contribution is 2.34. The van der Waals surface area contributed by atoms with Crippen molar-refractivity contribution in [1.82, 2.24) is 19.9 Å². The van der Waals surface area contributed by atoms with E-state index in [1.54, 1.807) is 11.3 Å². The van der Waals surface area contributed by atoms with Gasteiger partial charge >= 0.3 is 0 Å². The summed E-state index contributed by atoms with van der Waals surface area (Å²) in [6.07, 6.45) is 0. The van der Waals surface area contributed by atoms with Gasteiger partial charge in [-0.1, -0.05) is 146 Å². The van der Waals surface area contributed by atoms with Crippen LogP contribution in [0.5, 0.6) is 0 Å². The molecule has 2 heterocycles. The summed E-state index contributed by atoms with van der Waals surface area (Å²) in [5.74, 6) is 1.94.